The first-order valence-corrected chi connectivity index (χ1v) is 4.19. The van der Waals surface area contributed by atoms with E-state index in [9.17, 15) is 4.79 Å². The van der Waals surface area contributed by atoms with Crippen LogP contribution in [-0.4, -0.2) is 12.5 Å². The number of nitrogens with one attached hydrogen (secondary N) is 1. The summed E-state index contributed by atoms with van der Waals surface area (Å²) >= 11 is 0. The summed E-state index contributed by atoms with van der Waals surface area (Å²) in [4.78, 5) is 10.8. The maximum absolute atomic E-state index is 10.8. The molecule has 0 saturated carbocycles. The van der Waals surface area contributed by atoms with E-state index in [1.54, 1.807) is 6.07 Å². The summed E-state index contributed by atoms with van der Waals surface area (Å²) in [6, 6.07) is 1.73. The van der Waals surface area contributed by atoms with Crippen LogP contribution < -0.4 is 5.32 Å². The molecule has 0 saturated heterocycles. The maximum atomic E-state index is 10.8. The number of rotatable bonds is 6. The lowest BCUT2D eigenvalue weighted by Crippen LogP contribution is -2.23. The van der Waals surface area contributed by atoms with Crippen molar-refractivity contribution >= 4 is 5.91 Å². The largest absolute Gasteiger partial charge is 0.479 e. The van der Waals surface area contributed by atoms with Gasteiger partial charge in [-0.15, -0.1) is 0 Å². The van der Waals surface area contributed by atoms with E-state index in [4.69, 9.17) is 10.00 Å². The molecule has 0 aromatic heterocycles. The topological polar surface area (TPSA) is 62.1 Å². The fourth-order valence-corrected chi connectivity index (χ4v) is 0.647. The van der Waals surface area contributed by atoms with Gasteiger partial charge in [0.25, 0.3) is 0 Å². The van der Waals surface area contributed by atoms with Gasteiger partial charge < -0.3 is 4.74 Å². The highest BCUT2D eigenvalue weighted by atomic mass is 16.5. The van der Waals surface area contributed by atoms with Gasteiger partial charge in [-0.2, -0.15) is 5.26 Å². The average molecular weight is 182 g/mol. The number of carbonyl (C=O) groups excluding carboxylic acids is 1. The third kappa shape index (κ3) is 6.88. The van der Waals surface area contributed by atoms with Crippen molar-refractivity contribution in [3.63, 3.8) is 0 Å². The third-order valence-electron chi connectivity index (χ3n) is 1.29. The van der Waals surface area contributed by atoms with Gasteiger partial charge in [0.05, 0.1) is 12.7 Å². The first kappa shape index (κ1) is 11.5. The van der Waals surface area contributed by atoms with Crippen LogP contribution in [0.4, 0.5) is 0 Å². The number of hydrogen-bond acceptors (Lipinski definition) is 3. The molecular weight excluding hydrogens is 168 g/mol. The Labute approximate surface area is 78.2 Å². The minimum atomic E-state index is -0.385. The molecule has 0 aromatic rings. The van der Waals surface area contributed by atoms with E-state index < -0.39 is 0 Å². The van der Waals surface area contributed by atoms with Gasteiger partial charge in [-0.1, -0.05) is 13.3 Å². The van der Waals surface area contributed by atoms with E-state index in [1.165, 1.54) is 0 Å². The van der Waals surface area contributed by atoms with Crippen LogP contribution in [0.1, 0.15) is 26.2 Å². The second-order valence-corrected chi connectivity index (χ2v) is 2.51. The van der Waals surface area contributed by atoms with E-state index in [-0.39, 0.29) is 18.2 Å². The molecule has 0 aliphatic rings. The lowest BCUT2D eigenvalue weighted by atomic mass is 10.4. The second-order valence-electron chi connectivity index (χ2n) is 2.51. The lowest BCUT2D eigenvalue weighted by Gasteiger charge is -2.08. The zero-order valence-corrected chi connectivity index (χ0v) is 7.80. The summed E-state index contributed by atoms with van der Waals surface area (Å²) < 4.78 is 5.06. The van der Waals surface area contributed by atoms with Crippen LogP contribution >= 0.6 is 0 Å². The van der Waals surface area contributed by atoms with E-state index in [2.05, 4.69) is 11.9 Å². The van der Waals surface area contributed by atoms with Crippen LogP contribution in [-0.2, 0) is 9.53 Å². The molecule has 1 N–H and O–H groups in total. The molecular formula is C9H14N2O2. The Kier molecular flexibility index (Phi) is 6.34. The molecule has 4 nitrogen and oxygen atoms in total. The SMILES string of the molecule is C=C(NC(=O)CC#N)OCCCC. The van der Waals surface area contributed by atoms with Crippen molar-refractivity contribution in [2.45, 2.75) is 26.2 Å². The highest BCUT2D eigenvalue weighted by Gasteiger charge is 2.01. The molecule has 0 fully saturated rings. The molecule has 0 aliphatic heterocycles. The number of ether oxygens (including phenoxy) is 1. The van der Waals surface area contributed by atoms with Crippen LogP contribution in [0.5, 0.6) is 0 Å². The second kappa shape index (κ2) is 7.17. The third-order valence-corrected chi connectivity index (χ3v) is 1.29. The molecule has 0 unspecified atom stereocenters. The Bertz CT molecular complexity index is 218. The summed E-state index contributed by atoms with van der Waals surface area (Å²) in [7, 11) is 0. The number of unbranched alkanes of at least 4 members (excludes halogenated alkanes) is 1. The summed E-state index contributed by atoms with van der Waals surface area (Å²) in [5.41, 5.74) is 0. The molecule has 4 heteroatoms. The predicted octanol–water partition coefficient (Wildman–Crippen LogP) is 1.30. The van der Waals surface area contributed by atoms with Crippen molar-refractivity contribution in [2.75, 3.05) is 6.61 Å². The Morgan fingerprint density at radius 1 is 1.69 bits per heavy atom. The van der Waals surface area contributed by atoms with Crippen molar-refractivity contribution in [3.8, 4) is 6.07 Å². The number of amides is 1. The summed E-state index contributed by atoms with van der Waals surface area (Å²) in [5.74, 6) is -0.169. The molecule has 0 heterocycles. The van der Waals surface area contributed by atoms with Gasteiger partial charge in [0.2, 0.25) is 5.91 Å². The molecule has 0 aromatic carbocycles. The summed E-state index contributed by atoms with van der Waals surface area (Å²) in [6.45, 7) is 6.07. The van der Waals surface area contributed by atoms with Gasteiger partial charge in [0, 0.05) is 0 Å². The quantitative estimate of drug-likeness (QED) is 0.497. The van der Waals surface area contributed by atoms with E-state index >= 15 is 0 Å². The number of nitriles is 1. The van der Waals surface area contributed by atoms with E-state index in [1.807, 2.05) is 6.92 Å². The fourth-order valence-electron chi connectivity index (χ4n) is 0.647. The van der Waals surface area contributed by atoms with Gasteiger partial charge in [-0.25, -0.2) is 0 Å². The van der Waals surface area contributed by atoms with Gasteiger partial charge in [-0.05, 0) is 13.0 Å². The molecule has 0 rings (SSSR count). The molecule has 72 valence electrons. The summed E-state index contributed by atoms with van der Waals surface area (Å²) in [5, 5.41) is 10.5. The fraction of sp³-hybridized carbons (Fsp3) is 0.556. The van der Waals surface area contributed by atoms with Gasteiger partial charge in [-0.3, -0.25) is 10.1 Å². The molecule has 0 aliphatic carbocycles. The molecule has 13 heavy (non-hydrogen) atoms. The molecule has 0 spiro atoms. The van der Waals surface area contributed by atoms with E-state index in [0.717, 1.165) is 12.8 Å². The number of nitrogens with zero attached hydrogens (tertiary/aromatic N) is 1. The Balaban J connectivity index is 3.51. The number of hydrogen-bond donors (Lipinski definition) is 1. The Morgan fingerprint density at radius 3 is 2.92 bits per heavy atom. The molecule has 0 bridgehead atoms. The van der Waals surface area contributed by atoms with Crippen molar-refractivity contribution in [1.29, 1.82) is 5.26 Å². The standard InChI is InChI=1S/C9H14N2O2/c1-3-4-7-13-8(2)11-9(12)5-6-10/h2-5,7H2,1H3,(H,11,12). The molecule has 0 radical (unpaired) electrons. The van der Waals surface area contributed by atoms with Crippen molar-refractivity contribution in [2.24, 2.45) is 0 Å². The minimum absolute atomic E-state index is 0.170. The van der Waals surface area contributed by atoms with Gasteiger partial charge in [0.1, 0.15) is 6.42 Å². The first-order valence-electron chi connectivity index (χ1n) is 4.19. The highest BCUT2D eigenvalue weighted by molar-refractivity contribution is 5.79. The smallest absolute Gasteiger partial charge is 0.240 e. The van der Waals surface area contributed by atoms with Crippen LogP contribution in [0.3, 0.4) is 0 Å². The van der Waals surface area contributed by atoms with Crippen molar-refractivity contribution in [3.05, 3.63) is 12.5 Å². The average Bonchev–Trinajstić information content (AvgIpc) is 2.05. The molecule has 1 amide bonds. The lowest BCUT2D eigenvalue weighted by molar-refractivity contribution is -0.120. The Hall–Kier alpha value is -1.50. The normalized spacial score (nSPS) is 8.62. The van der Waals surface area contributed by atoms with Crippen molar-refractivity contribution in [1.82, 2.24) is 5.32 Å². The van der Waals surface area contributed by atoms with Gasteiger partial charge in [0.15, 0.2) is 5.88 Å². The van der Waals surface area contributed by atoms with Crippen LogP contribution in [0.15, 0.2) is 12.5 Å². The minimum Gasteiger partial charge on any atom is -0.479 e. The Morgan fingerprint density at radius 2 is 2.38 bits per heavy atom. The zero-order valence-electron chi connectivity index (χ0n) is 7.80. The van der Waals surface area contributed by atoms with Crippen LogP contribution in [0.2, 0.25) is 0 Å². The summed E-state index contributed by atoms with van der Waals surface area (Å²) in [6.07, 6.45) is 1.78. The zero-order chi connectivity index (χ0) is 10.1. The van der Waals surface area contributed by atoms with E-state index in [0.29, 0.717) is 6.61 Å². The van der Waals surface area contributed by atoms with Crippen LogP contribution in [0, 0.1) is 11.3 Å². The highest BCUT2D eigenvalue weighted by Crippen LogP contribution is 1.93. The van der Waals surface area contributed by atoms with Crippen LogP contribution in [0.25, 0.3) is 0 Å². The predicted molar refractivity (Wildman–Crippen MR) is 48.4 cm³/mol. The molecule has 0 atom stereocenters. The van der Waals surface area contributed by atoms with Crippen molar-refractivity contribution < 1.29 is 9.53 Å². The monoisotopic (exact) mass is 182 g/mol. The van der Waals surface area contributed by atoms with Gasteiger partial charge >= 0.3 is 0 Å². The first-order chi connectivity index (χ1) is 6.20. The maximum Gasteiger partial charge on any atom is 0.240 e. The number of carbonyl (C=O) groups is 1.